The fourth-order valence-electron chi connectivity index (χ4n) is 1.95. The van der Waals surface area contributed by atoms with E-state index in [-0.39, 0.29) is 24.3 Å². The maximum atomic E-state index is 12.0. The number of hydrogen-bond donors (Lipinski definition) is 2. The number of halogens is 1. The van der Waals surface area contributed by atoms with E-state index in [1.807, 2.05) is 0 Å². The summed E-state index contributed by atoms with van der Waals surface area (Å²) in [6, 6.07) is 12.3. The second kappa shape index (κ2) is 8.33. The maximum absolute atomic E-state index is 12.0. The molecule has 1 atom stereocenters. The topological polar surface area (TPSA) is 98.7 Å². The molecule has 0 aliphatic heterocycles. The van der Waals surface area contributed by atoms with Crippen molar-refractivity contribution in [3.8, 4) is 5.75 Å². The molecule has 0 heterocycles. The summed E-state index contributed by atoms with van der Waals surface area (Å²) in [7, 11) is 0. The van der Waals surface area contributed by atoms with Gasteiger partial charge in [-0.3, -0.25) is 4.79 Å². The number of carbonyl (C=O) groups is 2. The quantitative estimate of drug-likeness (QED) is 0.773. The first-order valence-electron chi connectivity index (χ1n) is 7.12. The number of benzene rings is 2. The fourth-order valence-corrected chi connectivity index (χ4v) is 2.07. The lowest BCUT2D eigenvalue weighted by Gasteiger charge is -2.15. The van der Waals surface area contributed by atoms with E-state index in [9.17, 15) is 19.8 Å². The van der Waals surface area contributed by atoms with Crippen LogP contribution in [-0.4, -0.2) is 36.2 Å². The van der Waals surface area contributed by atoms with Crippen molar-refractivity contribution < 1.29 is 24.5 Å². The second-order valence-corrected chi connectivity index (χ2v) is 5.40. The summed E-state index contributed by atoms with van der Waals surface area (Å²) in [4.78, 5) is 23.0. The van der Waals surface area contributed by atoms with E-state index in [2.05, 4.69) is 5.32 Å². The monoisotopic (exact) mass is 348 g/mol. The van der Waals surface area contributed by atoms with Crippen LogP contribution < -0.4 is 15.2 Å². The van der Waals surface area contributed by atoms with Crippen LogP contribution in [-0.2, 0) is 0 Å². The zero-order valence-electron chi connectivity index (χ0n) is 12.6. The number of aliphatic hydroxyl groups is 1. The largest absolute Gasteiger partial charge is 0.545 e. The van der Waals surface area contributed by atoms with Crippen molar-refractivity contribution in [1.29, 1.82) is 0 Å². The Bertz CT molecular complexity index is 717. The minimum absolute atomic E-state index is 0.0247. The molecule has 0 aliphatic rings. The van der Waals surface area contributed by atoms with Crippen LogP contribution in [0.15, 0.2) is 48.5 Å². The Morgan fingerprint density at radius 1 is 1.12 bits per heavy atom. The van der Waals surface area contributed by atoms with Crippen molar-refractivity contribution in [3.63, 3.8) is 0 Å². The van der Waals surface area contributed by atoms with E-state index in [4.69, 9.17) is 16.3 Å². The van der Waals surface area contributed by atoms with Crippen molar-refractivity contribution in [2.75, 3.05) is 13.2 Å². The summed E-state index contributed by atoms with van der Waals surface area (Å²) < 4.78 is 5.36. The third-order valence-corrected chi connectivity index (χ3v) is 3.40. The lowest BCUT2D eigenvalue weighted by Crippen LogP contribution is -2.36. The number of nitrogens with one attached hydrogen (secondary N) is 1. The molecule has 2 aromatic rings. The summed E-state index contributed by atoms with van der Waals surface area (Å²) in [5, 5.41) is 23.9. The summed E-state index contributed by atoms with van der Waals surface area (Å²) in [5.41, 5.74) is -0.231. The third-order valence-electron chi connectivity index (χ3n) is 3.15. The van der Waals surface area contributed by atoms with Gasteiger partial charge in [0.1, 0.15) is 18.5 Å². The molecule has 2 aromatic carbocycles. The zero-order valence-corrected chi connectivity index (χ0v) is 13.3. The highest BCUT2D eigenvalue weighted by Crippen LogP contribution is 2.15. The van der Waals surface area contributed by atoms with E-state index in [0.29, 0.717) is 10.8 Å². The first-order chi connectivity index (χ1) is 11.5. The van der Waals surface area contributed by atoms with E-state index in [1.54, 1.807) is 30.3 Å². The number of aromatic carboxylic acids is 1. The van der Waals surface area contributed by atoms with Crippen molar-refractivity contribution in [2.45, 2.75) is 6.10 Å². The summed E-state index contributed by atoms with van der Waals surface area (Å²) in [6.07, 6.45) is -0.959. The van der Waals surface area contributed by atoms with Crippen LogP contribution in [0.4, 0.5) is 0 Å². The summed E-state index contributed by atoms with van der Waals surface area (Å²) >= 11 is 5.75. The predicted molar refractivity (Wildman–Crippen MR) is 86.1 cm³/mol. The molecule has 0 saturated carbocycles. The molecule has 126 valence electrons. The smallest absolute Gasteiger partial charge is 0.252 e. The Kier molecular flexibility index (Phi) is 6.17. The van der Waals surface area contributed by atoms with E-state index < -0.39 is 18.0 Å². The SMILES string of the molecule is O=C([O-])c1ccccc1C(=O)NC[C@@H](O)COc1ccc(Cl)cc1. The normalized spacial score (nSPS) is 11.6. The molecule has 0 aliphatic carbocycles. The number of carboxylic acid groups (broad SMARTS) is 1. The first kappa shape index (κ1) is 17.8. The molecule has 24 heavy (non-hydrogen) atoms. The van der Waals surface area contributed by atoms with E-state index >= 15 is 0 Å². The third kappa shape index (κ3) is 4.97. The van der Waals surface area contributed by atoms with Gasteiger partial charge in [0.25, 0.3) is 5.91 Å². The molecular formula is C17H15ClNO5-. The number of aliphatic hydroxyl groups excluding tert-OH is 1. The van der Waals surface area contributed by atoms with Crippen LogP contribution in [0.25, 0.3) is 0 Å². The van der Waals surface area contributed by atoms with Crippen LogP contribution in [0, 0.1) is 0 Å². The van der Waals surface area contributed by atoms with Crippen LogP contribution in [0.1, 0.15) is 20.7 Å². The molecule has 0 unspecified atom stereocenters. The highest BCUT2D eigenvalue weighted by molar-refractivity contribution is 6.30. The van der Waals surface area contributed by atoms with Crippen molar-refractivity contribution in [3.05, 3.63) is 64.7 Å². The molecule has 0 saturated heterocycles. The number of carboxylic acids is 1. The number of amides is 1. The molecule has 0 fully saturated rings. The van der Waals surface area contributed by atoms with Gasteiger partial charge in [-0.1, -0.05) is 29.8 Å². The number of ether oxygens (including phenoxy) is 1. The van der Waals surface area contributed by atoms with Gasteiger partial charge in [0.2, 0.25) is 0 Å². The standard InChI is InChI=1S/C17H16ClNO5/c18-11-5-7-13(8-6-11)24-10-12(20)9-19-16(21)14-3-1-2-4-15(14)17(22)23/h1-8,12,20H,9-10H2,(H,19,21)(H,22,23)/p-1/t12-/m1/s1. The van der Waals surface area contributed by atoms with Gasteiger partial charge in [-0.25, -0.2) is 0 Å². The van der Waals surface area contributed by atoms with Gasteiger partial charge in [-0.15, -0.1) is 0 Å². The number of hydrogen-bond acceptors (Lipinski definition) is 5. The summed E-state index contributed by atoms with van der Waals surface area (Å²) in [5.74, 6) is -1.51. The zero-order chi connectivity index (χ0) is 17.5. The van der Waals surface area contributed by atoms with Gasteiger partial charge in [-0.2, -0.15) is 0 Å². The molecule has 2 rings (SSSR count). The van der Waals surface area contributed by atoms with Crippen LogP contribution in [0.3, 0.4) is 0 Å². The van der Waals surface area contributed by atoms with Gasteiger partial charge in [0, 0.05) is 22.7 Å². The Balaban J connectivity index is 1.85. The summed E-state index contributed by atoms with van der Waals surface area (Å²) in [6.45, 7) is -0.127. The molecule has 0 spiro atoms. The number of rotatable bonds is 7. The highest BCUT2D eigenvalue weighted by Gasteiger charge is 2.13. The lowest BCUT2D eigenvalue weighted by molar-refractivity contribution is -0.255. The Morgan fingerprint density at radius 3 is 2.38 bits per heavy atom. The minimum Gasteiger partial charge on any atom is -0.545 e. The van der Waals surface area contributed by atoms with Gasteiger partial charge in [-0.05, 0) is 30.3 Å². The van der Waals surface area contributed by atoms with Crippen LogP contribution in [0.2, 0.25) is 5.02 Å². The van der Waals surface area contributed by atoms with Crippen LogP contribution in [0.5, 0.6) is 5.75 Å². The van der Waals surface area contributed by atoms with E-state index in [1.165, 1.54) is 18.2 Å². The van der Waals surface area contributed by atoms with Crippen molar-refractivity contribution >= 4 is 23.5 Å². The van der Waals surface area contributed by atoms with Crippen molar-refractivity contribution in [2.24, 2.45) is 0 Å². The average molecular weight is 349 g/mol. The molecule has 6 nitrogen and oxygen atoms in total. The molecule has 1 amide bonds. The Labute approximate surface area is 143 Å². The maximum Gasteiger partial charge on any atom is 0.252 e. The Hall–Kier alpha value is -2.57. The molecule has 0 bridgehead atoms. The first-order valence-corrected chi connectivity index (χ1v) is 7.50. The average Bonchev–Trinajstić information content (AvgIpc) is 2.59. The molecule has 0 aromatic heterocycles. The highest BCUT2D eigenvalue weighted by atomic mass is 35.5. The predicted octanol–water partition coefficient (Wildman–Crippen LogP) is 0.873. The lowest BCUT2D eigenvalue weighted by atomic mass is 10.1. The van der Waals surface area contributed by atoms with Crippen LogP contribution >= 0.6 is 11.6 Å². The van der Waals surface area contributed by atoms with Crippen molar-refractivity contribution in [1.82, 2.24) is 5.32 Å². The Morgan fingerprint density at radius 2 is 1.75 bits per heavy atom. The van der Waals surface area contributed by atoms with Gasteiger partial charge < -0.3 is 25.1 Å². The molecular weight excluding hydrogens is 334 g/mol. The molecule has 7 heteroatoms. The molecule has 0 radical (unpaired) electrons. The molecule has 2 N–H and O–H groups in total. The van der Waals surface area contributed by atoms with E-state index in [0.717, 1.165) is 0 Å². The van der Waals surface area contributed by atoms with Gasteiger partial charge >= 0.3 is 0 Å². The fraction of sp³-hybridized carbons (Fsp3) is 0.176. The number of carbonyl (C=O) groups excluding carboxylic acids is 2. The van der Waals surface area contributed by atoms with Gasteiger partial charge in [0.05, 0.1) is 5.97 Å². The van der Waals surface area contributed by atoms with Gasteiger partial charge in [0.15, 0.2) is 0 Å². The second-order valence-electron chi connectivity index (χ2n) is 4.96. The minimum atomic E-state index is -1.44.